The molecule has 0 unspecified atom stereocenters. The minimum absolute atomic E-state index is 0.119. The summed E-state index contributed by atoms with van der Waals surface area (Å²) in [5.74, 6) is 0.781. The predicted molar refractivity (Wildman–Crippen MR) is 60.5 cm³/mol. The van der Waals surface area contributed by atoms with Gasteiger partial charge >= 0.3 is 0 Å². The molecule has 0 aliphatic rings. The van der Waals surface area contributed by atoms with Crippen LogP contribution >= 0.6 is 0 Å². The number of aliphatic hydroxyl groups is 1. The standard InChI is InChI=1S/C10H13N5O3/c1-17-8-4-6(12-5-13-8)9-14-10(18-15-9)7(16)2-3-11/h4-5,7,16H,2-3,11H2,1H3/t7-/m0/s1. The van der Waals surface area contributed by atoms with Crippen LogP contribution in [0.1, 0.15) is 18.4 Å². The number of aliphatic hydroxyl groups excluding tert-OH is 1. The summed E-state index contributed by atoms with van der Waals surface area (Å²) in [6.07, 6.45) is 0.829. The van der Waals surface area contributed by atoms with Crippen molar-refractivity contribution in [2.45, 2.75) is 12.5 Å². The smallest absolute Gasteiger partial charge is 0.255 e. The van der Waals surface area contributed by atoms with Crippen molar-refractivity contribution in [1.29, 1.82) is 0 Å². The van der Waals surface area contributed by atoms with Gasteiger partial charge in [-0.15, -0.1) is 0 Å². The molecule has 0 aromatic carbocycles. The van der Waals surface area contributed by atoms with Gasteiger partial charge in [0.05, 0.1) is 7.11 Å². The van der Waals surface area contributed by atoms with Crippen molar-refractivity contribution >= 4 is 0 Å². The van der Waals surface area contributed by atoms with Crippen molar-refractivity contribution in [3.63, 3.8) is 0 Å². The molecule has 0 radical (unpaired) electrons. The van der Waals surface area contributed by atoms with Crippen LogP contribution in [0.3, 0.4) is 0 Å². The van der Waals surface area contributed by atoms with E-state index >= 15 is 0 Å². The Labute approximate surface area is 103 Å². The Morgan fingerprint density at radius 1 is 1.50 bits per heavy atom. The second kappa shape index (κ2) is 5.52. The van der Waals surface area contributed by atoms with E-state index in [0.717, 1.165) is 0 Å². The molecule has 18 heavy (non-hydrogen) atoms. The second-order valence-corrected chi connectivity index (χ2v) is 3.49. The molecular weight excluding hydrogens is 238 g/mol. The first-order valence-corrected chi connectivity index (χ1v) is 5.32. The van der Waals surface area contributed by atoms with Gasteiger partial charge in [-0.3, -0.25) is 0 Å². The summed E-state index contributed by atoms with van der Waals surface area (Å²) < 4.78 is 9.90. The van der Waals surface area contributed by atoms with E-state index in [9.17, 15) is 5.11 Å². The van der Waals surface area contributed by atoms with Gasteiger partial charge in [0.25, 0.3) is 5.89 Å². The van der Waals surface area contributed by atoms with Crippen molar-refractivity contribution < 1.29 is 14.4 Å². The number of hydrogen-bond donors (Lipinski definition) is 2. The Kier molecular flexibility index (Phi) is 3.80. The number of nitrogens with two attached hydrogens (primary N) is 1. The van der Waals surface area contributed by atoms with E-state index in [1.54, 1.807) is 6.07 Å². The normalized spacial score (nSPS) is 12.4. The van der Waals surface area contributed by atoms with Gasteiger partial charge in [-0.1, -0.05) is 5.16 Å². The molecule has 0 aliphatic carbocycles. The first-order chi connectivity index (χ1) is 8.74. The van der Waals surface area contributed by atoms with Crippen LogP contribution in [0.4, 0.5) is 0 Å². The van der Waals surface area contributed by atoms with Gasteiger partial charge in [0.1, 0.15) is 18.1 Å². The number of aromatic nitrogens is 4. The zero-order valence-corrected chi connectivity index (χ0v) is 9.78. The monoisotopic (exact) mass is 251 g/mol. The van der Waals surface area contributed by atoms with Crippen molar-refractivity contribution in [2.24, 2.45) is 5.73 Å². The third-order valence-electron chi connectivity index (χ3n) is 2.25. The Balaban J connectivity index is 2.23. The van der Waals surface area contributed by atoms with Gasteiger partial charge in [-0.2, -0.15) is 4.98 Å². The van der Waals surface area contributed by atoms with E-state index in [4.69, 9.17) is 15.0 Å². The number of methoxy groups -OCH3 is 1. The first-order valence-electron chi connectivity index (χ1n) is 5.32. The average Bonchev–Trinajstić information content (AvgIpc) is 2.89. The highest BCUT2D eigenvalue weighted by Crippen LogP contribution is 2.20. The van der Waals surface area contributed by atoms with Crippen LogP contribution in [0.25, 0.3) is 11.5 Å². The van der Waals surface area contributed by atoms with Gasteiger partial charge in [0.2, 0.25) is 11.7 Å². The molecular formula is C10H13N5O3. The highest BCUT2D eigenvalue weighted by Gasteiger charge is 2.17. The Bertz CT molecular complexity index is 516. The largest absolute Gasteiger partial charge is 0.481 e. The van der Waals surface area contributed by atoms with E-state index < -0.39 is 6.10 Å². The van der Waals surface area contributed by atoms with Crippen molar-refractivity contribution in [1.82, 2.24) is 20.1 Å². The molecule has 8 heteroatoms. The molecule has 2 rings (SSSR count). The van der Waals surface area contributed by atoms with E-state index in [2.05, 4.69) is 20.1 Å². The Hall–Kier alpha value is -2.06. The van der Waals surface area contributed by atoms with Crippen LogP contribution in [0.2, 0.25) is 0 Å². The Morgan fingerprint density at radius 2 is 2.33 bits per heavy atom. The highest BCUT2D eigenvalue weighted by molar-refractivity contribution is 5.49. The van der Waals surface area contributed by atoms with E-state index in [0.29, 0.717) is 24.5 Å². The molecule has 0 saturated heterocycles. The summed E-state index contributed by atoms with van der Waals surface area (Å²) >= 11 is 0. The third kappa shape index (κ3) is 2.60. The summed E-state index contributed by atoms with van der Waals surface area (Å²) in [6.45, 7) is 0.334. The van der Waals surface area contributed by atoms with Gasteiger partial charge < -0.3 is 20.1 Å². The van der Waals surface area contributed by atoms with Gasteiger partial charge in [0, 0.05) is 6.07 Å². The zero-order chi connectivity index (χ0) is 13.0. The molecule has 0 saturated carbocycles. The molecule has 0 amide bonds. The average molecular weight is 251 g/mol. The van der Waals surface area contributed by atoms with Gasteiger partial charge in [0.15, 0.2) is 0 Å². The maximum atomic E-state index is 9.65. The summed E-state index contributed by atoms with van der Waals surface area (Å²) in [7, 11) is 1.50. The molecule has 2 aromatic rings. The lowest BCUT2D eigenvalue weighted by Gasteiger charge is -2.01. The van der Waals surface area contributed by atoms with Crippen molar-refractivity contribution in [3.8, 4) is 17.4 Å². The molecule has 1 atom stereocenters. The molecule has 2 heterocycles. The van der Waals surface area contributed by atoms with E-state index in [1.807, 2.05) is 0 Å². The van der Waals surface area contributed by atoms with Crippen LogP contribution in [0, 0.1) is 0 Å². The topological polar surface area (TPSA) is 120 Å². The summed E-state index contributed by atoms with van der Waals surface area (Å²) in [5, 5.41) is 13.4. The van der Waals surface area contributed by atoms with Crippen molar-refractivity contribution in [2.75, 3.05) is 13.7 Å². The maximum Gasteiger partial charge on any atom is 0.255 e. The van der Waals surface area contributed by atoms with Crippen LogP contribution < -0.4 is 10.5 Å². The quantitative estimate of drug-likeness (QED) is 0.756. The number of nitrogens with zero attached hydrogens (tertiary/aromatic N) is 4. The van der Waals surface area contributed by atoms with Crippen molar-refractivity contribution in [3.05, 3.63) is 18.3 Å². The van der Waals surface area contributed by atoms with Crippen LogP contribution in [0.15, 0.2) is 16.9 Å². The predicted octanol–water partition coefficient (Wildman–Crippen LogP) is -0.0826. The van der Waals surface area contributed by atoms with Gasteiger partial charge in [-0.25, -0.2) is 9.97 Å². The summed E-state index contributed by atoms with van der Waals surface area (Å²) in [4.78, 5) is 11.9. The molecule has 2 aromatic heterocycles. The fourth-order valence-corrected chi connectivity index (χ4v) is 1.33. The fraction of sp³-hybridized carbons (Fsp3) is 0.400. The zero-order valence-electron chi connectivity index (χ0n) is 9.78. The van der Waals surface area contributed by atoms with E-state index in [1.165, 1.54) is 13.4 Å². The second-order valence-electron chi connectivity index (χ2n) is 3.49. The van der Waals surface area contributed by atoms with Crippen LogP contribution in [-0.2, 0) is 0 Å². The minimum atomic E-state index is -0.861. The van der Waals surface area contributed by atoms with Crippen LogP contribution in [0.5, 0.6) is 5.88 Å². The molecule has 0 bridgehead atoms. The number of ether oxygens (including phenoxy) is 1. The maximum absolute atomic E-state index is 9.65. The Morgan fingerprint density at radius 3 is 3.06 bits per heavy atom. The number of hydrogen-bond acceptors (Lipinski definition) is 8. The molecule has 8 nitrogen and oxygen atoms in total. The molecule has 96 valence electrons. The molecule has 0 spiro atoms. The molecule has 3 N–H and O–H groups in total. The van der Waals surface area contributed by atoms with E-state index in [-0.39, 0.29) is 11.7 Å². The lowest BCUT2D eigenvalue weighted by molar-refractivity contribution is 0.127. The fourth-order valence-electron chi connectivity index (χ4n) is 1.33. The van der Waals surface area contributed by atoms with Gasteiger partial charge in [-0.05, 0) is 13.0 Å². The third-order valence-corrected chi connectivity index (χ3v) is 2.25. The first kappa shape index (κ1) is 12.4. The highest BCUT2D eigenvalue weighted by atomic mass is 16.5. The lowest BCUT2D eigenvalue weighted by atomic mass is 10.2. The number of rotatable bonds is 5. The lowest BCUT2D eigenvalue weighted by Crippen LogP contribution is -2.06. The molecule has 0 fully saturated rings. The SMILES string of the molecule is COc1cc(-c2noc([C@@H](O)CCN)n2)ncn1. The summed E-state index contributed by atoms with van der Waals surface area (Å²) in [6, 6.07) is 1.57. The minimum Gasteiger partial charge on any atom is -0.481 e. The summed E-state index contributed by atoms with van der Waals surface area (Å²) in [5.41, 5.74) is 5.79. The van der Waals surface area contributed by atoms with Crippen LogP contribution in [-0.4, -0.2) is 38.9 Å². The molecule has 0 aliphatic heterocycles.